The van der Waals surface area contributed by atoms with Gasteiger partial charge in [-0.25, -0.2) is 14.2 Å². The van der Waals surface area contributed by atoms with Crippen LogP contribution in [0.1, 0.15) is 25.9 Å². The zero-order chi connectivity index (χ0) is 14.0. The number of hydrogen-bond donors (Lipinski definition) is 2. The first kappa shape index (κ1) is 13.2. The molecule has 7 heteroatoms. The number of benzene rings is 1. The van der Waals surface area contributed by atoms with Gasteiger partial charge in [0.25, 0.3) is 5.91 Å². The lowest BCUT2D eigenvalue weighted by atomic mass is 10.2. The van der Waals surface area contributed by atoms with Crippen molar-refractivity contribution in [1.82, 2.24) is 4.98 Å². The van der Waals surface area contributed by atoms with E-state index in [4.69, 9.17) is 5.11 Å². The Balaban J connectivity index is 2.20. The molecule has 0 aliphatic rings. The fraction of sp³-hybridized carbons (Fsp3) is 0.0833. The molecule has 0 aliphatic heterocycles. The van der Waals surface area contributed by atoms with Gasteiger partial charge in [-0.05, 0) is 25.1 Å². The molecule has 1 amide bonds. The molecular weight excluding hydrogens is 271 g/mol. The number of amides is 1. The number of nitrogens with zero attached hydrogens (tertiary/aromatic N) is 1. The van der Waals surface area contributed by atoms with Crippen LogP contribution in [0, 0.1) is 12.7 Å². The van der Waals surface area contributed by atoms with Crippen LogP contribution in [0.3, 0.4) is 0 Å². The quantitative estimate of drug-likeness (QED) is 0.905. The molecule has 0 atom stereocenters. The lowest BCUT2D eigenvalue weighted by Crippen LogP contribution is -2.13. The topological polar surface area (TPSA) is 79.3 Å². The Bertz CT molecular complexity index is 654. The number of anilines is 1. The highest BCUT2D eigenvalue weighted by Gasteiger charge is 2.13. The van der Waals surface area contributed by atoms with E-state index in [1.807, 2.05) is 0 Å². The largest absolute Gasteiger partial charge is 0.478 e. The first-order valence-corrected chi connectivity index (χ1v) is 6.11. The van der Waals surface area contributed by atoms with Crippen molar-refractivity contribution in [3.05, 3.63) is 45.7 Å². The van der Waals surface area contributed by atoms with Gasteiger partial charge in [0.2, 0.25) is 0 Å². The third-order valence-corrected chi connectivity index (χ3v) is 3.09. The summed E-state index contributed by atoms with van der Waals surface area (Å²) in [6.45, 7) is 1.75. The molecular formula is C12H9FN2O3S. The van der Waals surface area contributed by atoms with Crippen LogP contribution in [0.25, 0.3) is 0 Å². The zero-order valence-electron chi connectivity index (χ0n) is 9.81. The minimum absolute atomic E-state index is 0.0827. The molecule has 2 N–H and O–H groups in total. The average molecular weight is 280 g/mol. The number of hydrogen-bond acceptors (Lipinski definition) is 4. The number of aromatic nitrogens is 1. The van der Waals surface area contributed by atoms with Crippen LogP contribution in [0.4, 0.5) is 10.1 Å². The monoisotopic (exact) mass is 280 g/mol. The highest BCUT2D eigenvalue weighted by Crippen LogP contribution is 2.17. The van der Waals surface area contributed by atoms with Gasteiger partial charge in [0.15, 0.2) is 0 Å². The SMILES string of the molecule is Cc1nc(C(=O)Nc2ccc(C(=O)O)cc2F)cs1. The Hall–Kier alpha value is -2.28. The standard InChI is InChI=1S/C12H9FN2O3S/c1-6-14-10(5-19-6)11(16)15-9-3-2-7(12(17)18)4-8(9)13/h2-5H,1H3,(H,15,16)(H,17,18). The van der Waals surface area contributed by atoms with Crippen LogP contribution in [-0.2, 0) is 0 Å². The molecule has 0 unspecified atom stereocenters. The average Bonchev–Trinajstić information content (AvgIpc) is 2.78. The van der Waals surface area contributed by atoms with Gasteiger partial charge in [-0.2, -0.15) is 0 Å². The van der Waals surface area contributed by atoms with Gasteiger partial charge in [0.1, 0.15) is 11.5 Å². The summed E-state index contributed by atoms with van der Waals surface area (Å²) < 4.78 is 13.6. The second-order valence-corrected chi connectivity index (χ2v) is 4.77. The summed E-state index contributed by atoms with van der Waals surface area (Å²) in [7, 11) is 0. The van der Waals surface area contributed by atoms with Crippen LogP contribution >= 0.6 is 11.3 Å². The van der Waals surface area contributed by atoms with Crippen molar-refractivity contribution < 1.29 is 19.1 Å². The van der Waals surface area contributed by atoms with Gasteiger partial charge in [0.05, 0.1) is 16.3 Å². The van der Waals surface area contributed by atoms with Crippen molar-refractivity contribution in [1.29, 1.82) is 0 Å². The van der Waals surface area contributed by atoms with E-state index in [-0.39, 0.29) is 16.9 Å². The van der Waals surface area contributed by atoms with Crippen molar-refractivity contribution in [2.24, 2.45) is 0 Å². The fourth-order valence-corrected chi connectivity index (χ4v) is 2.00. The summed E-state index contributed by atoms with van der Waals surface area (Å²) >= 11 is 1.31. The smallest absolute Gasteiger partial charge is 0.335 e. The van der Waals surface area contributed by atoms with Crippen LogP contribution in [0.2, 0.25) is 0 Å². The predicted molar refractivity (Wildman–Crippen MR) is 68.2 cm³/mol. The van der Waals surface area contributed by atoms with Gasteiger partial charge in [-0.3, -0.25) is 4.79 Å². The number of halogens is 1. The second kappa shape index (κ2) is 5.15. The van der Waals surface area contributed by atoms with Crippen molar-refractivity contribution in [3.8, 4) is 0 Å². The summed E-state index contributed by atoms with van der Waals surface area (Å²) in [5.74, 6) is -2.57. The number of carboxylic acids is 1. The van der Waals surface area contributed by atoms with Crippen molar-refractivity contribution in [2.45, 2.75) is 6.92 Å². The van der Waals surface area contributed by atoms with Gasteiger partial charge in [-0.1, -0.05) is 0 Å². The summed E-state index contributed by atoms with van der Waals surface area (Å²) in [4.78, 5) is 26.4. The summed E-state index contributed by atoms with van der Waals surface area (Å²) in [6, 6.07) is 3.27. The number of carbonyl (C=O) groups is 2. The number of carboxylic acid groups (broad SMARTS) is 1. The van der Waals surface area contributed by atoms with E-state index in [0.717, 1.165) is 11.1 Å². The number of rotatable bonds is 3. The summed E-state index contributed by atoms with van der Waals surface area (Å²) in [6.07, 6.45) is 0. The van der Waals surface area contributed by atoms with Crippen LogP contribution in [0.5, 0.6) is 0 Å². The normalized spacial score (nSPS) is 10.2. The lowest BCUT2D eigenvalue weighted by Gasteiger charge is -2.05. The van der Waals surface area contributed by atoms with Gasteiger partial charge in [0, 0.05) is 5.38 Å². The van der Waals surface area contributed by atoms with Crippen LogP contribution in [0.15, 0.2) is 23.6 Å². The zero-order valence-corrected chi connectivity index (χ0v) is 10.6. The number of nitrogens with one attached hydrogen (secondary N) is 1. The van der Waals surface area contributed by atoms with Gasteiger partial charge >= 0.3 is 5.97 Å². The minimum atomic E-state index is -1.23. The van der Waals surface area contributed by atoms with E-state index >= 15 is 0 Å². The number of thiazole rings is 1. The maximum Gasteiger partial charge on any atom is 0.335 e. The highest BCUT2D eigenvalue weighted by atomic mass is 32.1. The van der Waals surface area contributed by atoms with E-state index in [1.54, 1.807) is 12.3 Å². The fourth-order valence-electron chi connectivity index (χ4n) is 1.40. The highest BCUT2D eigenvalue weighted by molar-refractivity contribution is 7.09. The molecule has 5 nitrogen and oxygen atoms in total. The van der Waals surface area contributed by atoms with Crippen LogP contribution in [-0.4, -0.2) is 22.0 Å². The van der Waals surface area contributed by atoms with Crippen molar-refractivity contribution in [3.63, 3.8) is 0 Å². The first-order valence-electron chi connectivity index (χ1n) is 5.23. The molecule has 1 aromatic heterocycles. The third-order valence-electron chi connectivity index (χ3n) is 2.32. The van der Waals surface area contributed by atoms with Crippen LogP contribution < -0.4 is 5.32 Å². The Morgan fingerprint density at radius 1 is 1.42 bits per heavy atom. The molecule has 0 spiro atoms. The molecule has 0 fully saturated rings. The Morgan fingerprint density at radius 3 is 2.68 bits per heavy atom. The predicted octanol–water partition coefficient (Wildman–Crippen LogP) is 2.54. The maximum absolute atomic E-state index is 13.6. The van der Waals surface area contributed by atoms with Gasteiger partial charge < -0.3 is 10.4 Å². The Kier molecular flexibility index (Phi) is 3.57. The van der Waals surface area contributed by atoms with E-state index in [0.29, 0.717) is 0 Å². The molecule has 98 valence electrons. The minimum Gasteiger partial charge on any atom is -0.478 e. The molecule has 0 saturated heterocycles. The molecule has 0 saturated carbocycles. The number of carbonyl (C=O) groups excluding carboxylic acids is 1. The molecule has 1 aromatic carbocycles. The molecule has 0 bridgehead atoms. The van der Waals surface area contributed by atoms with Gasteiger partial charge in [-0.15, -0.1) is 11.3 Å². The number of aromatic carboxylic acids is 1. The molecule has 0 radical (unpaired) electrons. The van der Waals surface area contributed by atoms with E-state index in [1.165, 1.54) is 23.5 Å². The molecule has 19 heavy (non-hydrogen) atoms. The van der Waals surface area contributed by atoms with E-state index in [2.05, 4.69) is 10.3 Å². The number of aryl methyl sites for hydroxylation is 1. The molecule has 2 aromatic rings. The molecule has 0 aliphatic carbocycles. The summed E-state index contributed by atoms with van der Waals surface area (Å²) in [5, 5.41) is 13.3. The van der Waals surface area contributed by atoms with E-state index < -0.39 is 17.7 Å². The Morgan fingerprint density at radius 2 is 2.16 bits per heavy atom. The third kappa shape index (κ3) is 2.94. The second-order valence-electron chi connectivity index (χ2n) is 3.71. The lowest BCUT2D eigenvalue weighted by molar-refractivity contribution is 0.0696. The molecule has 1 heterocycles. The van der Waals surface area contributed by atoms with E-state index in [9.17, 15) is 14.0 Å². The molecule has 2 rings (SSSR count). The first-order chi connectivity index (χ1) is 8.97. The summed E-state index contributed by atoms with van der Waals surface area (Å²) in [5.41, 5.74) is -0.0649. The van der Waals surface area contributed by atoms with Crippen molar-refractivity contribution >= 4 is 28.9 Å². The Labute approximate surface area is 111 Å². The van der Waals surface area contributed by atoms with Crippen molar-refractivity contribution in [2.75, 3.05) is 5.32 Å². The maximum atomic E-state index is 13.6.